The van der Waals surface area contributed by atoms with Crippen LogP contribution >= 0.6 is 0 Å². The van der Waals surface area contributed by atoms with Crippen molar-refractivity contribution in [1.82, 2.24) is 0 Å². The van der Waals surface area contributed by atoms with Gasteiger partial charge in [0.2, 0.25) is 0 Å². The number of fused-ring (bicyclic) bond motifs is 6. The van der Waals surface area contributed by atoms with Gasteiger partial charge in [-0.1, -0.05) is 155 Å². The lowest BCUT2D eigenvalue weighted by atomic mass is 9.66. The number of hydrogen-bond donors (Lipinski definition) is 0. The zero-order valence-electron chi connectivity index (χ0n) is 30.1. The van der Waals surface area contributed by atoms with Crippen LogP contribution in [0.15, 0.2) is 170 Å². The van der Waals surface area contributed by atoms with Gasteiger partial charge in [0.25, 0.3) is 0 Å². The number of nitrogens with zero attached hydrogens (tertiary/aromatic N) is 2. The molecule has 10 rings (SSSR count). The minimum absolute atomic E-state index is 0.0910. The standard InChI is InChI=1S/C50H40N2/c1-49(2)40-24-10-11-27-46(40)52-47-31-30-34(32-43(47)50(3,4)42-26-15-25-41(49)48(42)52)36-21-13-23-39-38(36)22-14-29-45(39)51(35-18-6-5-7-19-35)44-28-12-17-33-16-8-9-20-37(33)44/h5-32H,1-4H3. The van der Waals surface area contributed by atoms with E-state index < -0.39 is 0 Å². The maximum Gasteiger partial charge on any atom is 0.0543 e. The molecule has 52 heavy (non-hydrogen) atoms. The van der Waals surface area contributed by atoms with Gasteiger partial charge in [-0.3, -0.25) is 0 Å². The first kappa shape index (κ1) is 30.7. The molecule has 8 aromatic carbocycles. The van der Waals surface area contributed by atoms with Crippen LogP contribution in [0.1, 0.15) is 49.9 Å². The molecule has 0 atom stereocenters. The maximum atomic E-state index is 2.54. The van der Waals surface area contributed by atoms with E-state index in [1.54, 1.807) is 0 Å². The van der Waals surface area contributed by atoms with E-state index in [1.807, 2.05) is 0 Å². The van der Waals surface area contributed by atoms with Crippen LogP contribution in [0.4, 0.5) is 34.1 Å². The van der Waals surface area contributed by atoms with Crippen LogP contribution in [-0.2, 0) is 10.8 Å². The monoisotopic (exact) mass is 668 g/mol. The third kappa shape index (κ3) is 4.31. The van der Waals surface area contributed by atoms with E-state index in [-0.39, 0.29) is 10.8 Å². The Balaban J connectivity index is 1.17. The summed E-state index contributed by atoms with van der Waals surface area (Å²) < 4.78 is 0. The third-order valence-corrected chi connectivity index (χ3v) is 11.8. The molecule has 250 valence electrons. The molecule has 0 saturated heterocycles. The van der Waals surface area contributed by atoms with Crippen LogP contribution < -0.4 is 9.80 Å². The lowest BCUT2D eigenvalue weighted by molar-refractivity contribution is 0.597. The Morgan fingerprint density at radius 1 is 0.423 bits per heavy atom. The lowest BCUT2D eigenvalue weighted by Crippen LogP contribution is -2.38. The van der Waals surface area contributed by atoms with Crippen LogP contribution in [0.3, 0.4) is 0 Å². The summed E-state index contributed by atoms with van der Waals surface area (Å²) in [7, 11) is 0. The molecule has 0 spiro atoms. The highest BCUT2D eigenvalue weighted by atomic mass is 15.2. The Morgan fingerprint density at radius 2 is 0.981 bits per heavy atom. The Hall–Kier alpha value is -6.12. The van der Waals surface area contributed by atoms with Gasteiger partial charge in [-0.2, -0.15) is 0 Å². The lowest BCUT2D eigenvalue weighted by Gasteiger charge is -2.49. The predicted octanol–water partition coefficient (Wildman–Crippen LogP) is 13.9. The fourth-order valence-electron chi connectivity index (χ4n) is 9.18. The maximum absolute atomic E-state index is 2.54. The summed E-state index contributed by atoms with van der Waals surface area (Å²) in [4.78, 5) is 4.97. The molecular weight excluding hydrogens is 629 g/mol. The second-order valence-electron chi connectivity index (χ2n) is 15.4. The van der Waals surface area contributed by atoms with Crippen LogP contribution in [0, 0.1) is 0 Å². The first-order chi connectivity index (χ1) is 25.3. The highest BCUT2D eigenvalue weighted by Gasteiger charge is 2.45. The quantitative estimate of drug-likeness (QED) is 0.184. The number of hydrogen-bond acceptors (Lipinski definition) is 2. The van der Waals surface area contributed by atoms with E-state index in [1.165, 1.54) is 77.7 Å². The summed E-state index contributed by atoms with van der Waals surface area (Å²) in [6, 6.07) is 62.7. The first-order valence-corrected chi connectivity index (χ1v) is 18.4. The molecule has 0 saturated carbocycles. The fourth-order valence-corrected chi connectivity index (χ4v) is 9.18. The number of rotatable bonds is 4. The van der Waals surface area contributed by atoms with E-state index >= 15 is 0 Å². The largest absolute Gasteiger partial charge is 0.309 e. The van der Waals surface area contributed by atoms with Crippen molar-refractivity contribution in [3.05, 3.63) is 192 Å². The second kappa shape index (κ2) is 11.2. The normalized spacial score (nSPS) is 14.8. The summed E-state index contributed by atoms with van der Waals surface area (Å²) in [5.41, 5.74) is 15.0. The summed E-state index contributed by atoms with van der Waals surface area (Å²) in [5.74, 6) is 0. The minimum atomic E-state index is -0.191. The van der Waals surface area contributed by atoms with Gasteiger partial charge in [0.1, 0.15) is 0 Å². The van der Waals surface area contributed by atoms with Crippen molar-refractivity contribution in [2.24, 2.45) is 0 Å². The van der Waals surface area contributed by atoms with Gasteiger partial charge in [-0.15, -0.1) is 0 Å². The van der Waals surface area contributed by atoms with E-state index in [0.717, 1.165) is 11.4 Å². The zero-order chi connectivity index (χ0) is 35.2. The van der Waals surface area contributed by atoms with E-state index in [9.17, 15) is 0 Å². The van der Waals surface area contributed by atoms with Crippen molar-refractivity contribution in [2.45, 2.75) is 38.5 Å². The summed E-state index contributed by atoms with van der Waals surface area (Å²) >= 11 is 0. The summed E-state index contributed by atoms with van der Waals surface area (Å²) in [5, 5.41) is 4.91. The molecule has 0 aliphatic carbocycles. The fraction of sp³-hybridized carbons (Fsp3) is 0.120. The Morgan fingerprint density at radius 3 is 1.81 bits per heavy atom. The average molecular weight is 669 g/mol. The highest BCUT2D eigenvalue weighted by Crippen LogP contribution is 2.60. The molecule has 2 aliphatic heterocycles. The van der Waals surface area contributed by atoms with Crippen LogP contribution in [-0.4, -0.2) is 0 Å². The van der Waals surface area contributed by atoms with Crippen LogP contribution in [0.2, 0.25) is 0 Å². The van der Waals surface area contributed by atoms with Crippen molar-refractivity contribution >= 4 is 55.7 Å². The van der Waals surface area contributed by atoms with Crippen molar-refractivity contribution in [3.8, 4) is 11.1 Å². The van der Waals surface area contributed by atoms with Gasteiger partial charge in [-0.05, 0) is 86.6 Å². The first-order valence-electron chi connectivity index (χ1n) is 18.4. The molecule has 0 fully saturated rings. The molecule has 0 aromatic heterocycles. The molecular formula is C50H40N2. The summed E-state index contributed by atoms with van der Waals surface area (Å²) in [6.45, 7) is 9.55. The number of para-hydroxylation sites is 3. The van der Waals surface area contributed by atoms with E-state index in [0.29, 0.717) is 0 Å². The zero-order valence-corrected chi connectivity index (χ0v) is 30.1. The third-order valence-electron chi connectivity index (χ3n) is 11.8. The van der Waals surface area contributed by atoms with Crippen molar-refractivity contribution in [2.75, 3.05) is 9.80 Å². The molecule has 8 aromatic rings. The van der Waals surface area contributed by atoms with Crippen molar-refractivity contribution < 1.29 is 0 Å². The Bertz CT molecular complexity index is 2700. The molecule has 2 heteroatoms. The van der Waals surface area contributed by atoms with Crippen LogP contribution in [0.25, 0.3) is 32.7 Å². The molecule has 0 radical (unpaired) electrons. The average Bonchev–Trinajstić information content (AvgIpc) is 3.18. The number of anilines is 6. The SMILES string of the molecule is CC1(C)c2ccccc2N2c3ccc(-c4cccc5c(N(c6ccccc6)c6cccc7ccccc67)cccc45)cc3C(C)(C)c3cccc1c32. The molecule has 0 amide bonds. The molecule has 2 aliphatic rings. The predicted molar refractivity (Wildman–Crippen MR) is 221 cm³/mol. The molecule has 0 unspecified atom stereocenters. The van der Waals surface area contributed by atoms with Crippen molar-refractivity contribution in [1.29, 1.82) is 0 Å². The molecule has 0 bridgehead atoms. The van der Waals surface area contributed by atoms with Gasteiger partial charge < -0.3 is 9.80 Å². The van der Waals surface area contributed by atoms with Crippen LogP contribution in [0.5, 0.6) is 0 Å². The molecule has 2 nitrogen and oxygen atoms in total. The Kier molecular flexibility index (Phi) is 6.60. The molecule has 2 heterocycles. The van der Waals surface area contributed by atoms with Gasteiger partial charge in [-0.25, -0.2) is 0 Å². The van der Waals surface area contributed by atoms with Gasteiger partial charge in [0.05, 0.1) is 28.4 Å². The number of benzene rings is 8. The second-order valence-corrected chi connectivity index (χ2v) is 15.4. The van der Waals surface area contributed by atoms with E-state index in [2.05, 4.69) is 207 Å². The van der Waals surface area contributed by atoms with Gasteiger partial charge >= 0.3 is 0 Å². The van der Waals surface area contributed by atoms with Gasteiger partial charge in [0.15, 0.2) is 0 Å². The smallest absolute Gasteiger partial charge is 0.0543 e. The Labute approximate surface area is 306 Å². The van der Waals surface area contributed by atoms with Gasteiger partial charge in [0, 0.05) is 27.3 Å². The van der Waals surface area contributed by atoms with Crippen molar-refractivity contribution in [3.63, 3.8) is 0 Å². The topological polar surface area (TPSA) is 6.48 Å². The summed E-state index contributed by atoms with van der Waals surface area (Å²) in [6.07, 6.45) is 0. The molecule has 0 N–H and O–H groups in total. The van der Waals surface area contributed by atoms with E-state index in [4.69, 9.17) is 0 Å². The highest BCUT2D eigenvalue weighted by molar-refractivity contribution is 6.08. The minimum Gasteiger partial charge on any atom is -0.309 e.